The molecule has 2 aliphatic carbocycles. The van der Waals surface area contributed by atoms with E-state index in [1.165, 1.54) is 11.8 Å². The van der Waals surface area contributed by atoms with Gasteiger partial charge in [-0.05, 0) is 44.1 Å². The van der Waals surface area contributed by atoms with E-state index in [4.69, 9.17) is 0 Å². The van der Waals surface area contributed by atoms with Crippen molar-refractivity contribution in [2.45, 2.75) is 73.9 Å². The van der Waals surface area contributed by atoms with E-state index in [0.29, 0.717) is 6.04 Å². The van der Waals surface area contributed by atoms with E-state index in [9.17, 15) is 10.1 Å². The molecule has 0 radical (unpaired) electrons. The summed E-state index contributed by atoms with van der Waals surface area (Å²) < 4.78 is 2.20. The van der Waals surface area contributed by atoms with Gasteiger partial charge in [0.15, 0.2) is 11.0 Å². The molecule has 8 heteroatoms. The summed E-state index contributed by atoms with van der Waals surface area (Å²) in [6, 6.07) is 6.95. The molecule has 4 rings (SSSR count). The Morgan fingerprint density at radius 2 is 2.14 bits per heavy atom. The Hall–Kier alpha value is -1.85. The van der Waals surface area contributed by atoms with Crippen LogP contribution in [0.2, 0.25) is 0 Å². The second kappa shape index (κ2) is 7.88. The second-order valence-electron chi connectivity index (χ2n) is 7.75. The van der Waals surface area contributed by atoms with Crippen LogP contribution in [0, 0.1) is 11.3 Å². The summed E-state index contributed by atoms with van der Waals surface area (Å²) >= 11 is 3.12. The third-order valence-electron chi connectivity index (χ3n) is 5.81. The summed E-state index contributed by atoms with van der Waals surface area (Å²) in [5.74, 6) is 0.894. The van der Waals surface area contributed by atoms with Crippen molar-refractivity contribution >= 4 is 29.0 Å². The maximum atomic E-state index is 13.1. The average Bonchev–Trinajstić information content (AvgIpc) is 3.25. The normalized spacial score (nSPS) is 19.8. The van der Waals surface area contributed by atoms with Gasteiger partial charge in [-0.15, -0.1) is 21.5 Å². The molecule has 28 heavy (non-hydrogen) atoms. The lowest BCUT2D eigenvalue weighted by atomic mass is 9.81. The minimum atomic E-state index is -0.656. The molecule has 2 saturated carbocycles. The molecule has 0 aliphatic heterocycles. The smallest absolute Gasteiger partial charge is 0.236 e. The van der Waals surface area contributed by atoms with Gasteiger partial charge >= 0.3 is 0 Å². The van der Waals surface area contributed by atoms with Gasteiger partial charge in [0.1, 0.15) is 5.54 Å². The Labute approximate surface area is 173 Å². The van der Waals surface area contributed by atoms with Gasteiger partial charge in [-0.1, -0.05) is 37.1 Å². The van der Waals surface area contributed by atoms with Gasteiger partial charge in [0.2, 0.25) is 5.91 Å². The molecule has 148 valence electrons. The van der Waals surface area contributed by atoms with Crippen LogP contribution in [-0.2, 0) is 4.79 Å². The lowest BCUT2D eigenvalue weighted by Crippen LogP contribution is -2.52. The number of hydrogen-bond donors (Lipinski definition) is 0. The monoisotopic (exact) mass is 415 g/mol. The Morgan fingerprint density at radius 1 is 1.39 bits per heavy atom. The molecular weight excluding hydrogens is 390 g/mol. The average molecular weight is 416 g/mol. The van der Waals surface area contributed by atoms with Crippen molar-refractivity contribution in [3.05, 3.63) is 17.5 Å². The lowest BCUT2D eigenvalue weighted by Gasteiger charge is -2.40. The third-order valence-corrected chi connectivity index (χ3v) is 7.72. The van der Waals surface area contributed by atoms with Crippen LogP contribution < -0.4 is 0 Å². The minimum Gasteiger partial charge on any atom is -0.326 e. The number of amides is 1. The van der Waals surface area contributed by atoms with Crippen molar-refractivity contribution in [3.63, 3.8) is 0 Å². The predicted octanol–water partition coefficient (Wildman–Crippen LogP) is 4.51. The van der Waals surface area contributed by atoms with Crippen molar-refractivity contribution in [3.8, 4) is 16.8 Å². The topological polar surface area (TPSA) is 74.8 Å². The second-order valence-corrected chi connectivity index (χ2v) is 10.0. The van der Waals surface area contributed by atoms with Gasteiger partial charge in [0, 0.05) is 13.1 Å². The number of thiophene rings is 1. The van der Waals surface area contributed by atoms with E-state index < -0.39 is 5.54 Å². The molecule has 0 bridgehead atoms. The molecule has 2 fully saturated rings. The first kappa shape index (κ1) is 19.5. The first-order chi connectivity index (χ1) is 13.6. The van der Waals surface area contributed by atoms with Crippen LogP contribution in [0.15, 0.2) is 22.7 Å². The maximum Gasteiger partial charge on any atom is 0.236 e. The summed E-state index contributed by atoms with van der Waals surface area (Å²) in [5.41, 5.74) is -0.656. The SMILES string of the molecule is C[C@@H](Sc1nnc(-c2cccs2)n1C1CC1)C(=O)N(C)C1(C#N)CCCCC1. The molecular formula is C20H25N5OS2. The number of hydrogen-bond acceptors (Lipinski definition) is 6. The largest absolute Gasteiger partial charge is 0.326 e. The zero-order valence-electron chi connectivity index (χ0n) is 16.3. The van der Waals surface area contributed by atoms with Gasteiger partial charge in [-0.25, -0.2) is 0 Å². The lowest BCUT2D eigenvalue weighted by molar-refractivity contribution is -0.133. The zero-order valence-corrected chi connectivity index (χ0v) is 17.9. The fraction of sp³-hybridized carbons (Fsp3) is 0.600. The fourth-order valence-electron chi connectivity index (χ4n) is 3.94. The van der Waals surface area contributed by atoms with Gasteiger partial charge in [0.05, 0.1) is 16.2 Å². The standard InChI is InChI=1S/C20H25N5OS2/c1-14(18(26)24(2)20(13-21)10-4-3-5-11-20)28-19-23-22-17(16-7-6-12-27-16)25(19)15-8-9-15/h6-7,12,14-15H,3-5,8-11H2,1-2H3/t14-/m1/s1. The van der Waals surface area contributed by atoms with Crippen LogP contribution in [0.4, 0.5) is 0 Å². The summed E-state index contributed by atoms with van der Waals surface area (Å²) in [6.45, 7) is 1.91. The van der Waals surface area contributed by atoms with Crippen LogP contribution in [-0.4, -0.2) is 43.4 Å². The summed E-state index contributed by atoms with van der Waals surface area (Å²) in [4.78, 5) is 15.9. The molecule has 0 spiro atoms. The van der Waals surface area contributed by atoms with E-state index in [-0.39, 0.29) is 11.2 Å². The highest BCUT2D eigenvalue weighted by Crippen LogP contribution is 2.43. The fourth-order valence-corrected chi connectivity index (χ4v) is 5.66. The molecule has 6 nitrogen and oxygen atoms in total. The highest BCUT2D eigenvalue weighted by atomic mass is 32.2. The molecule has 0 unspecified atom stereocenters. The van der Waals surface area contributed by atoms with E-state index >= 15 is 0 Å². The highest BCUT2D eigenvalue weighted by Gasteiger charge is 2.41. The van der Waals surface area contributed by atoms with Crippen LogP contribution in [0.3, 0.4) is 0 Å². The van der Waals surface area contributed by atoms with Gasteiger partial charge in [-0.3, -0.25) is 9.36 Å². The number of aromatic nitrogens is 3. The van der Waals surface area contributed by atoms with E-state index in [2.05, 4.69) is 26.9 Å². The number of rotatable bonds is 6. The first-order valence-electron chi connectivity index (χ1n) is 9.90. The van der Waals surface area contributed by atoms with Crippen LogP contribution in [0.25, 0.3) is 10.7 Å². The Bertz CT molecular complexity index is 875. The number of thioether (sulfide) groups is 1. The van der Waals surface area contributed by atoms with Crippen molar-refractivity contribution in [1.82, 2.24) is 19.7 Å². The molecule has 0 saturated heterocycles. The summed E-state index contributed by atoms with van der Waals surface area (Å²) in [6.07, 6.45) is 6.95. The molecule has 1 atom stereocenters. The molecule has 2 aromatic heterocycles. The van der Waals surface area contributed by atoms with Gasteiger partial charge < -0.3 is 4.90 Å². The third kappa shape index (κ3) is 3.58. The Morgan fingerprint density at radius 3 is 2.75 bits per heavy atom. The highest BCUT2D eigenvalue weighted by molar-refractivity contribution is 8.00. The van der Waals surface area contributed by atoms with Crippen molar-refractivity contribution < 1.29 is 4.79 Å². The van der Waals surface area contributed by atoms with E-state index in [1.807, 2.05) is 18.4 Å². The number of carbonyl (C=O) groups excluding carboxylic acids is 1. The Kier molecular flexibility index (Phi) is 5.48. The number of nitrogens with zero attached hydrogens (tertiary/aromatic N) is 5. The van der Waals surface area contributed by atoms with Crippen LogP contribution in [0.1, 0.15) is 57.9 Å². The van der Waals surface area contributed by atoms with Crippen molar-refractivity contribution in [2.75, 3.05) is 7.05 Å². The van der Waals surface area contributed by atoms with E-state index in [1.54, 1.807) is 23.3 Å². The molecule has 2 heterocycles. The van der Waals surface area contributed by atoms with Gasteiger partial charge in [0.25, 0.3) is 0 Å². The minimum absolute atomic E-state index is 0.00327. The zero-order chi connectivity index (χ0) is 19.7. The van der Waals surface area contributed by atoms with Crippen molar-refractivity contribution in [2.24, 2.45) is 0 Å². The van der Waals surface area contributed by atoms with Gasteiger partial charge in [-0.2, -0.15) is 5.26 Å². The summed E-state index contributed by atoms with van der Waals surface area (Å²) in [5, 5.41) is 21.2. The van der Waals surface area contributed by atoms with Crippen LogP contribution >= 0.6 is 23.1 Å². The molecule has 2 aromatic rings. The summed E-state index contributed by atoms with van der Waals surface area (Å²) in [7, 11) is 1.79. The molecule has 0 N–H and O–H groups in total. The van der Waals surface area contributed by atoms with Crippen molar-refractivity contribution in [1.29, 1.82) is 5.26 Å². The number of carbonyl (C=O) groups is 1. The molecule has 2 aliphatic rings. The Balaban J connectivity index is 1.53. The quantitative estimate of drug-likeness (QED) is 0.649. The predicted molar refractivity (Wildman–Crippen MR) is 111 cm³/mol. The first-order valence-corrected chi connectivity index (χ1v) is 11.7. The number of nitriles is 1. The van der Waals surface area contributed by atoms with Crippen LogP contribution in [0.5, 0.6) is 0 Å². The van der Waals surface area contributed by atoms with E-state index in [0.717, 1.165) is 60.8 Å². The maximum absolute atomic E-state index is 13.1. The molecule has 1 amide bonds. The molecule has 0 aromatic carbocycles.